The van der Waals surface area contributed by atoms with Crippen LogP contribution in [0.3, 0.4) is 0 Å². The van der Waals surface area contributed by atoms with E-state index in [0.717, 1.165) is 0 Å². The van der Waals surface area contributed by atoms with E-state index in [-0.39, 0.29) is 0 Å². The monoisotopic (exact) mass is 610 g/mol. The van der Waals surface area contributed by atoms with Gasteiger partial charge >= 0.3 is 0 Å². The largest absolute Gasteiger partial charge is 0.122 e. The number of hydrogen-bond donors (Lipinski definition) is 1. The summed E-state index contributed by atoms with van der Waals surface area (Å²) in [7, 11) is 0. The Hall–Kier alpha value is 1.70. The molecule has 0 bridgehead atoms. The van der Waals surface area contributed by atoms with Gasteiger partial charge in [0, 0.05) is 0 Å². The second kappa shape index (κ2) is 32.2. The topological polar surface area (TPSA) is 0 Å². The fourth-order valence-electron chi connectivity index (χ4n) is 4.99. The summed E-state index contributed by atoms with van der Waals surface area (Å²) in [4.78, 5) is 0. The number of hydrogen-bond acceptors (Lipinski definition) is 3. The molecule has 0 radical (unpaired) electrons. The molecule has 0 aliphatic carbocycles. The zero-order valence-corrected chi connectivity index (χ0v) is 29.6. The van der Waals surface area contributed by atoms with E-state index in [0.29, 0.717) is 0 Å². The lowest BCUT2D eigenvalue weighted by molar-refractivity contribution is 0.538. The van der Waals surface area contributed by atoms with Gasteiger partial charge in [-0.25, -0.2) is 0 Å². The number of thiol groups is 1. The molecule has 0 spiro atoms. The van der Waals surface area contributed by atoms with Crippen molar-refractivity contribution in [3.63, 3.8) is 0 Å². The van der Waals surface area contributed by atoms with Crippen molar-refractivity contribution < 1.29 is 0 Å². The van der Waals surface area contributed by atoms with Crippen LogP contribution >= 0.6 is 38.7 Å². The third-order valence-corrected chi connectivity index (χ3v) is 18.0. The SMILES string of the molecule is CCCCCCCCCCCCCCCCSP(=S)(S)SCCCCCCCCCCCCCCCC. The van der Waals surface area contributed by atoms with Gasteiger partial charge in [0.1, 0.15) is 3.64 Å². The van der Waals surface area contributed by atoms with E-state index in [1.165, 1.54) is 191 Å². The lowest BCUT2D eigenvalue weighted by Gasteiger charge is -2.14. The summed E-state index contributed by atoms with van der Waals surface area (Å²) in [6.45, 7) is 4.60. The van der Waals surface area contributed by atoms with Crippen LogP contribution in [0.2, 0.25) is 0 Å². The molecule has 0 aromatic rings. The average molecular weight is 611 g/mol. The molecule has 224 valence electrons. The van der Waals surface area contributed by atoms with Crippen LogP contribution in [-0.2, 0) is 11.8 Å². The summed E-state index contributed by atoms with van der Waals surface area (Å²) in [6, 6.07) is 0. The van der Waals surface area contributed by atoms with Crippen LogP contribution in [0, 0.1) is 0 Å². The van der Waals surface area contributed by atoms with Crippen molar-refractivity contribution in [1.29, 1.82) is 0 Å². The maximum atomic E-state index is 5.84. The minimum atomic E-state index is -1.50. The molecule has 0 aliphatic heterocycles. The molecule has 0 saturated carbocycles. The first kappa shape index (κ1) is 38.7. The summed E-state index contributed by atoms with van der Waals surface area (Å²) in [5, 5.41) is 0. The van der Waals surface area contributed by atoms with E-state index in [4.69, 9.17) is 24.1 Å². The zero-order chi connectivity index (χ0) is 27.1. The molecule has 0 saturated heterocycles. The van der Waals surface area contributed by atoms with Gasteiger partial charge in [-0.2, -0.15) is 0 Å². The van der Waals surface area contributed by atoms with Crippen molar-refractivity contribution >= 4 is 50.5 Å². The summed E-state index contributed by atoms with van der Waals surface area (Å²) >= 11 is 14.7. The van der Waals surface area contributed by atoms with E-state index in [2.05, 4.69) is 13.8 Å². The molecule has 0 aliphatic rings. The summed E-state index contributed by atoms with van der Waals surface area (Å²) in [5.41, 5.74) is 0. The zero-order valence-electron chi connectivity index (χ0n) is 25.3. The van der Waals surface area contributed by atoms with Crippen molar-refractivity contribution in [2.75, 3.05) is 11.5 Å². The molecule has 0 fully saturated rings. The summed E-state index contributed by atoms with van der Waals surface area (Å²) in [6.07, 6.45) is 40.1. The van der Waals surface area contributed by atoms with E-state index >= 15 is 0 Å². The smallest absolute Gasteiger partial charge is 0.106 e. The maximum Gasteiger partial charge on any atom is 0.106 e. The molecule has 0 nitrogen and oxygen atoms in total. The van der Waals surface area contributed by atoms with Crippen LogP contribution in [0.4, 0.5) is 0 Å². The molecule has 5 heteroatoms. The van der Waals surface area contributed by atoms with Crippen LogP contribution in [0.15, 0.2) is 0 Å². The number of rotatable bonds is 32. The maximum absolute atomic E-state index is 5.84. The first-order valence-corrected chi connectivity index (χ1v) is 23.9. The Morgan fingerprint density at radius 3 is 0.784 bits per heavy atom. The first-order valence-electron chi connectivity index (χ1n) is 16.7. The van der Waals surface area contributed by atoms with Gasteiger partial charge in [0.05, 0.1) is 0 Å². The normalized spacial score (nSPS) is 12.0. The van der Waals surface area contributed by atoms with Crippen molar-refractivity contribution in [2.45, 2.75) is 194 Å². The number of unbranched alkanes of at least 4 members (excludes halogenated alkanes) is 26. The molecular formula is C32H67PS4. The van der Waals surface area contributed by atoms with Crippen molar-refractivity contribution in [2.24, 2.45) is 0 Å². The lowest BCUT2D eigenvalue weighted by Crippen LogP contribution is -1.85. The highest BCUT2D eigenvalue weighted by atomic mass is 33.5. The minimum absolute atomic E-state index is 1.23. The highest BCUT2D eigenvalue weighted by Crippen LogP contribution is 2.73. The highest BCUT2D eigenvalue weighted by molar-refractivity contribution is 9.20. The third-order valence-electron chi connectivity index (χ3n) is 7.50. The van der Waals surface area contributed by atoms with Gasteiger partial charge < -0.3 is 0 Å². The standard InChI is InChI=1S/C32H67PS4/c1-3-5-7-9-11-13-15-17-19-21-23-25-27-29-31-36-33(34,35)37-32-30-28-26-24-22-20-18-16-14-12-10-8-6-4-2/h3-32H2,1-2H3,(H,34,35). The molecule has 0 aromatic carbocycles. The Labute approximate surface area is 254 Å². The van der Waals surface area contributed by atoms with Gasteiger partial charge in [0.25, 0.3) is 0 Å². The van der Waals surface area contributed by atoms with Crippen LogP contribution in [0.1, 0.15) is 194 Å². The fourth-order valence-corrected chi connectivity index (χ4v) is 13.4. The first-order chi connectivity index (χ1) is 18.1. The predicted molar refractivity (Wildman–Crippen MR) is 189 cm³/mol. The van der Waals surface area contributed by atoms with Gasteiger partial charge in [-0.3, -0.25) is 0 Å². The van der Waals surface area contributed by atoms with Crippen molar-refractivity contribution in [3.8, 4) is 0 Å². The van der Waals surface area contributed by atoms with E-state index in [1.807, 2.05) is 22.8 Å². The molecule has 0 unspecified atom stereocenters. The molecule has 0 atom stereocenters. The van der Waals surface area contributed by atoms with Crippen LogP contribution in [0.25, 0.3) is 0 Å². The van der Waals surface area contributed by atoms with Crippen LogP contribution in [0.5, 0.6) is 0 Å². The summed E-state index contributed by atoms with van der Waals surface area (Å²) < 4.78 is -1.50. The average Bonchev–Trinajstić information content (AvgIpc) is 2.88. The van der Waals surface area contributed by atoms with Crippen molar-refractivity contribution in [3.05, 3.63) is 0 Å². The third kappa shape index (κ3) is 33.8. The molecule has 0 heterocycles. The quantitative estimate of drug-likeness (QED) is 0.0457. The van der Waals surface area contributed by atoms with Gasteiger partial charge in [-0.1, -0.05) is 193 Å². The lowest BCUT2D eigenvalue weighted by atomic mass is 10.0. The van der Waals surface area contributed by atoms with E-state index in [9.17, 15) is 0 Å². The van der Waals surface area contributed by atoms with E-state index < -0.39 is 3.64 Å². The Kier molecular flexibility index (Phi) is 33.7. The second-order valence-corrected chi connectivity index (χ2v) is 26.4. The van der Waals surface area contributed by atoms with Gasteiger partial charge in [-0.05, 0) is 24.3 Å². The molecule has 0 aromatic heterocycles. The molecule has 0 N–H and O–H groups in total. The Balaban J connectivity index is 3.28. The summed E-state index contributed by atoms with van der Waals surface area (Å²) in [5.74, 6) is 2.45. The molecule has 0 amide bonds. The van der Waals surface area contributed by atoms with Gasteiger partial charge in [-0.15, -0.1) is 35.0 Å². The second-order valence-electron chi connectivity index (χ2n) is 11.3. The van der Waals surface area contributed by atoms with Gasteiger partial charge in [0.15, 0.2) is 0 Å². The Bertz CT molecular complexity index is 434. The molecule has 37 heavy (non-hydrogen) atoms. The Morgan fingerprint density at radius 2 is 0.568 bits per heavy atom. The van der Waals surface area contributed by atoms with Crippen LogP contribution in [-0.4, -0.2) is 11.5 Å². The molecular weight excluding hydrogens is 544 g/mol. The van der Waals surface area contributed by atoms with Crippen molar-refractivity contribution in [1.82, 2.24) is 0 Å². The van der Waals surface area contributed by atoms with Crippen LogP contribution < -0.4 is 0 Å². The highest BCUT2D eigenvalue weighted by Gasteiger charge is 2.12. The van der Waals surface area contributed by atoms with Gasteiger partial charge in [0.2, 0.25) is 0 Å². The predicted octanol–water partition coefficient (Wildman–Crippen LogP) is 14.6. The Morgan fingerprint density at radius 1 is 0.378 bits per heavy atom. The molecule has 0 rings (SSSR count). The van der Waals surface area contributed by atoms with E-state index in [1.54, 1.807) is 0 Å². The minimum Gasteiger partial charge on any atom is -0.122 e. The fraction of sp³-hybridized carbons (Fsp3) is 1.00.